The Labute approximate surface area is 188 Å². The molecule has 3 rings (SSSR count). The molecule has 2 aromatic carbocycles. The van der Waals surface area contributed by atoms with Gasteiger partial charge in [-0.3, -0.25) is 9.78 Å². The summed E-state index contributed by atoms with van der Waals surface area (Å²) in [6, 6.07) is 18.1. The molecule has 3 aromatic rings. The van der Waals surface area contributed by atoms with Gasteiger partial charge in [0.05, 0.1) is 25.3 Å². The third-order valence-corrected chi connectivity index (χ3v) is 5.02. The van der Waals surface area contributed by atoms with Gasteiger partial charge in [0, 0.05) is 18.0 Å². The van der Waals surface area contributed by atoms with Crippen LogP contribution in [0.4, 0.5) is 0 Å². The first-order chi connectivity index (χ1) is 15.6. The highest BCUT2D eigenvalue weighted by molar-refractivity contribution is 5.94. The molecule has 0 aliphatic rings. The molecule has 32 heavy (non-hydrogen) atoms. The second-order valence-electron chi connectivity index (χ2n) is 7.35. The molecule has 1 aromatic heterocycles. The highest BCUT2D eigenvalue weighted by atomic mass is 16.6. The molecule has 1 heterocycles. The van der Waals surface area contributed by atoms with Gasteiger partial charge in [0.2, 0.25) is 0 Å². The highest BCUT2D eigenvalue weighted by Gasteiger charge is 2.24. The molecular weight excluding hydrogens is 404 g/mol. The van der Waals surface area contributed by atoms with Gasteiger partial charge in [0.15, 0.2) is 6.29 Å². The average molecular weight is 433 g/mol. The molecule has 0 aliphatic carbocycles. The lowest BCUT2D eigenvalue weighted by molar-refractivity contribution is -0.126. The molecule has 6 nitrogen and oxygen atoms in total. The number of nitrogens with zero attached hydrogens (tertiary/aromatic N) is 1. The van der Waals surface area contributed by atoms with Gasteiger partial charge < -0.3 is 19.9 Å². The van der Waals surface area contributed by atoms with Gasteiger partial charge >= 0.3 is 0 Å². The number of carbonyl (C=O) groups is 1. The topological polar surface area (TPSA) is 80.7 Å². The number of hydrogen-bond donors (Lipinski definition) is 2. The van der Waals surface area contributed by atoms with Gasteiger partial charge in [-0.15, -0.1) is 6.58 Å². The number of hydrogen-bond acceptors (Lipinski definition) is 5. The molecule has 0 fully saturated rings. The maximum atomic E-state index is 12.7. The predicted molar refractivity (Wildman–Crippen MR) is 123 cm³/mol. The molecule has 6 heteroatoms. The number of nitrogens with one attached hydrogen (secondary N) is 1. The van der Waals surface area contributed by atoms with Gasteiger partial charge in [0.25, 0.3) is 5.91 Å². The fraction of sp³-hybridized carbons (Fsp3) is 0.231. The third kappa shape index (κ3) is 6.51. The molecule has 0 bridgehead atoms. The maximum Gasteiger partial charge on any atom is 0.253 e. The second-order valence-corrected chi connectivity index (χ2v) is 7.35. The number of aliphatic hydroxyl groups is 1. The lowest BCUT2D eigenvalue weighted by Crippen LogP contribution is -2.46. The zero-order valence-corrected chi connectivity index (χ0v) is 18.1. The van der Waals surface area contributed by atoms with Crippen LogP contribution in [0.1, 0.15) is 27.0 Å². The van der Waals surface area contributed by atoms with E-state index in [9.17, 15) is 9.90 Å². The first kappa shape index (κ1) is 23.2. The van der Waals surface area contributed by atoms with E-state index in [0.717, 1.165) is 23.1 Å². The summed E-state index contributed by atoms with van der Waals surface area (Å²) in [4.78, 5) is 16.7. The summed E-state index contributed by atoms with van der Waals surface area (Å²) >= 11 is 0. The zero-order valence-electron chi connectivity index (χ0n) is 18.1. The minimum atomic E-state index is -1.23. The molecule has 0 aliphatic heterocycles. The van der Waals surface area contributed by atoms with Crippen LogP contribution in [-0.4, -0.2) is 35.4 Å². The SMILES string of the molecule is C=CCc1ccc(COC(O)C(Cc2ccccc2)NC(=O)c2cccnc2)c(OC)c1. The normalized spacial score (nSPS) is 12.6. The number of amides is 1. The van der Waals surface area contributed by atoms with Crippen molar-refractivity contribution >= 4 is 5.91 Å². The van der Waals surface area contributed by atoms with Gasteiger partial charge in [0.1, 0.15) is 5.75 Å². The minimum Gasteiger partial charge on any atom is -0.496 e. The summed E-state index contributed by atoms with van der Waals surface area (Å²) in [7, 11) is 1.60. The molecule has 2 unspecified atom stereocenters. The van der Waals surface area contributed by atoms with Crippen LogP contribution >= 0.6 is 0 Å². The van der Waals surface area contributed by atoms with Crippen LogP contribution in [0.2, 0.25) is 0 Å². The maximum absolute atomic E-state index is 12.7. The van der Waals surface area contributed by atoms with Gasteiger partial charge in [-0.1, -0.05) is 48.5 Å². The average Bonchev–Trinajstić information content (AvgIpc) is 2.83. The Balaban J connectivity index is 1.72. The summed E-state index contributed by atoms with van der Waals surface area (Å²) in [6.07, 6.45) is 4.83. The molecule has 2 atom stereocenters. The number of benzene rings is 2. The van der Waals surface area contributed by atoms with Crippen molar-refractivity contribution in [3.8, 4) is 5.75 Å². The summed E-state index contributed by atoms with van der Waals surface area (Å²) in [5, 5.41) is 13.7. The van der Waals surface area contributed by atoms with Gasteiger partial charge in [-0.25, -0.2) is 0 Å². The fourth-order valence-electron chi connectivity index (χ4n) is 3.33. The Morgan fingerprint density at radius 3 is 2.66 bits per heavy atom. The minimum absolute atomic E-state index is 0.132. The van der Waals surface area contributed by atoms with Gasteiger partial charge in [-0.2, -0.15) is 0 Å². The Bertz CT molecular complexity index is 1010. The number of rotatable bonds is 11. The van der Waals surface area contributed by atoms with Crippen molar-refractivity contribution in [2.75, 3.05) is 7.11 Å². The first-order valence-electron chi connectivity index (χ1n) is 10.4. The van der Waals surface area contributed by atoms with Crippen molar-refractivity contribution in [2.24, 2.45) is 0 Å². The van der Waals surface area contributed by atoms with Crippen LogP contribution < -0.4 is 10.1 Å². The number of aromatic nitrogens is 1. The van der Waals surface area contributed by atoms with Crippen LogP contribution in [-0.2, 0) is 24.2 Å². The van der Waals surface area contributed by atoms with Gasteiger partial charge in [-0.05, 0) is 42.2 Å². The quantitative estimate of drug-likeness (QED) is 0.357. The van der Waals surface area contributed by atoms with Crippen LogP contribution in [0.15, 0.2) is 85.7 Å². The van der Waals surface area contributed by atoms with E-state index in [1.807, 2.05) is 54.6 Å². The van der Waals surface area contributed by atoms with Crippen molar-refractivity contribution in [1.82, 2.24) is 10.3 Å². The molecule has 166 valence electrons. The van der Waals surface area contributed by atoms with Crippen molar-refractivity contribution in [2.45, 2.75) is 31.8 Å². The standard InChI is InChI=1S/C26H28N2O4/c1-3-8-19-12-13-22(24(16-19)31-2)18-32-26(30)23(15-20-9-5-4-6-10-20)28-25(29)21-11-7-14-27-17-21/h3-7,9-14,16-17,23,26,30H,1,8,15,18H2,2H3,(H,28,29). The van der Waals surface area contributed by atoms with E-state index >= 15 is 0 Å². The van der Waals surface area contributed by atoms with E-state index in [1.165, 1.54) is 6.20 Å². The second kappa shape index (κ2) is 11.8. The number of pyridine rings is 1. The Kier molecular flexibility index (Phi) is 8.54. The number of allylic oxidation sites excluding steroid dienone is 1. The van der Waals surface area contributed by atoms with Crippen molar-refractivity contribution in [3.05, 3.63) is 108 Å². The molecular formula is C26H28N2O4. The summed E-state index contributed by atoms with van der Waals surface area (Å²) in [6.45, 7) is 3.89. The fourth-order valence-corrected chi connectivity index (χ4v) is 3.33. The number of carbonyl (C=O) groups excluding carboxylic acids is 1. The van der Waals surface area contributed by atoms with E-state index < -0.39 is 12.3 Å². The molecule has 0 saturated heterocycles. The molecule has 0 spiro atoms. The Morgan fingerprint density at radius 1 is 1.16 bits per heavy atom. The number of ether oxygens (including phenoxy) is 2. The van der Waals surface area contributed by atoms with E-state index in [1.54, 1.807) is 25.4 Å². The summed E-state index contributed by atoms with van der Waals surface area (Å²) in [5.41, 5.74) is 3.26. The van der Waals surface area contributed by atoms with Crippen LogP contribution in [0.3, 0.4) is 0 Å². The molecule has 2 N–H and O–H groups in total. The predicted octanol–water partition coefficient (Wildman–Crippen LogP) is 3.70. The zero-order chi connectivity index (χ0) is 22.8. The monoisotopic (exact) mass is 432 g/mol. The van der Waals surface area contributed by atoms with Crippen LogP contribution in [0.25, 0.3) is 0 Å². The largest absolute Gasteiger partial charge is 0.496 e. The highest BCUT2D eigenvalue weighted by Crippen LogP contribution is 2.22. The lowest BCUT2D eigenvalue weighted by Gasteiger charge is -2.25. The van der Waals surface area contributed by atoms with Crippen LogP contribution in [0, 0.1) is 0 Å². The summed E-state index contributed by atoms with van der Waals surface area (Å²) in [5.74, 6) is 0.351. The number of aliphatic hydroxyl groups excluding tert-OH is 1. The van der Waals surface area contributed by atoms with Crippen molar-refractivity contribution in [1.29, 1.82) is 0 Å². The van der Waals surface area contributed by atoms with E-state index in [-0.39, 0.29) is 12.5 Å². The molecule has 0 saturated carbocycles. The molecule has 1 amide bonds. The van der Waals surface area contributed by atoms with E-state index in [4.69, 9.17) is 9.47 Å². The third-order valence-electron chi connectivity index (χ3n) is 5.02. The molecule has 0 radical (unpaired) electrons. The van der Waals surface area contributed by atoms with Crippen LogP contribution in [0.5, 0.6) is 5.75 Å². The van der Waals surface area contributed by atoms with Crippen molar-refractivity contribution in [3.63, 3.8) is 0 Å². The number of methoxy groups -OCH3 is 1. The smallest absolute Gasteiger partial charge is 0.253 e. The Morgan fingerprint density at radius 2 is 1.97 bits per heavy atom. The van der Waals surface area contributed by atoms with E-state index in [0.29, 0.717) is 17.7 Å². The Hall–Kier alpha value is -3.48. The van der Waals surface area contributed by atoms with E-state index in [2.05, 4.69) is 16.9 Å². The van der Waals surface area contributed by atoms with Crippen molar-refractivity contribution < 1.29 is 19.4 Å². The summed E-state index contributed by atoms with van der Waals surface area (Å²) < 4.78 is 11.2. The first-order valence-corrected chi connectivity index (χ1v) is 10.4. The lowest BCUT2D eigenvalue weighted by atomic mass is 10.0.